The van der Waals surface area contributed by atoms with Gasteiger partial charge < -0.3 is 5.11 Å². The summed E-state index contributed by atoms with van der Waals surface area (Å²) in [5.41, 5.74) is 1.11. The Labute approximate surface area is 83.2 Å². The van der Waals surface area contributed by atoms with E-state index in [0.29, 0.717) is 5.92 Å². The van der Waals surface area contributed by atoms with Crippen molar-refractivity contribution in [1.82, 2.24) is 0 Å². The molecule has 0 aliphatic heterocycles. The third-order valence-electron chi connectivity index (χ3n) is 2.53. The maximum atomic E-state index is 9.96. The summed E-state index contributed by atoms with van der Waals surface area (Å²) >= 11 is 1.71. The fourth-order valence-corrected chi connectivity index (χ4v) is 2.22. The first-order chi connectivity index (χ1) is 6.33. The summed E-state index contributed by atoms with van der Waals surface area (Å²) in [6.45, 7) is 0. The molecule has 1 nitrogen and oxygen atoms in total. The fourth-order valence-electron chi connectivity index (χ4n) is 1.58. The molecule has 2 rings (SSSR count). The van der Waals surface area contributed by atoms with Crippen LogP contribution < -0.4 is 0 Å². The molecular weight excluding hydrogens is 180 g/mol. The van der Waals surface area contributed by atoms with Gasteiger partial charge in [0.25, 0.3) is 0 Å². The van der Waals surface area contributed by atoms with E-state index < -0.39 is 0 Å². The Balaban J connectivity index is 2.26. The second kappa shape index (κ2) is 3.72. The molecule has 1 fully saturated rings. The highest BCUT2D eigenvalue weighted by Gasteiger charge is 2.31. The van der Waals surface area contributed by atoms with Crippen LogP contribution in [-0.2, 0) is 0 Å². The molecule has 1 atom stereocenters. The quantitative estimate of drug-likeness (QED) is 0.747. The van der Waals surface area contributed by atoms with Crippen molar-refractivity contribution in [1.29, 1.82) is 0 Å². The Bertz CT molecular complexity index is 294. The van der Waals surface area contributed by atoms with Crippen molar-refractivity contribution >= 4 is 11.8 Å². The second-order valence-electron chi connectivity index (χ2n) is 3.52. The summed E-state index contributed by atoms with van der Waals surface area (Å²) in [5, 5.41) is 9.96. The van der Waals surface area contributed by atoms with E-state index in [1.807, 2.05) is 18.2 Å². The summed E-state index contributed by atoms with van der Waals surface area (Å²) in [6, 6.07) is 8.13. The lowest BCUT2D eigenvalue weighted by Crippen LogP contribution is -2.00. The minimum atomic E-state index is -0.233. The van der Waals surface area contributed by atoms with Gasteiger partial charge in [-0.1, -0.05) is 18.2 Å². The Kier molecular flexibility index (Phi) is 2.61. The van der Waals surface area contributed by atoms with Gasteiger partial charge in [0.1, 0.15) is 0 Å². The number of thioether (sulfide) groups is 1. The van der Waals surface area contributed by atoms with E-state index in [1.165, 1.54) is 17.7 Å². The van der Waals surface area contributed by atoms with Gasteiger partial charge in [0.15, 0.2) is 0 Å². The summed E-state index contributed by atoms with van der Waals surface area (Å²) in [6.07, 6.45) is 4.19. The van der Waals surface area contributed by atoms with Crippen LogP contribution in [0.4, 0.5) is 0 Å². The largest absolute Gasteiger partial charge is 0.388 e. The SMILES string of the molecule is CSc1ccccc1C(O)C1CC1. The number of aliphatic hydroxyl groups excluding tert-OH is 1. The minimum absolute atomic E-state index is 0.233. The van der Waals surface area contributed by atoms with Crippen molar-refractivity contribution in [2.75, 3.05) is 6.26 Å². The first-order valence-electron chi connectivity index (χ1n) is 4.64. The highest BCUT2D eigenvalue weighted by molar-refractivity contribution is 7.98. The van der Waals surface area contributed by atoms with Crippen molar-refractivity contribution in [2.24, 2.45) is 5.92 Å². The standard InChI is InChI=1S/C11H14OS/c1-13-10-5-3-2-4-9(10)11(12)8-6-7-8/h2-5,8,11-12H,6-7H2,1H3. The van der Waals surface area contributed by atoms with Crippen molar-refractivity contribution in [3.63, 3.8) is 0 Å². The van der Waals surface area contributed by atoms with Crippen LogP contribution in [0.1, 0.15) is 24.5 Å². The van der Waals surface area contributed by atoms with Gasteiger partial charge in [-0.25, -0.2) is 0 Å². The second-order valence-corrected chi connectivity index (χ2v) is 4.37. The summed E-state index contributed by atoms with van der Waals surface area (Å²) in [5.74, 6) is 0.522. The average Bonchev–Trinajstić information content (AvgIpc) is 3.00. The van der Waals surface area contributed by atoms with E-state index in [-0.39, 0.29) is 6.10 Å². The van der Waals surface area contributed by atoms with E-state index in [4.69, 9.17) is 0 Å². The lowest BCUT2D eigenvalue weighted by Gasteiger charge is -2.12. The molecule has 1 N–H and O–H groups in total. The topological polar surface area (TPSA) is 20.2 Å². The number of hydrogen-bond acceptors (Lipinski definition) is 2. The van der Waals surface area contributed by atoms with Gasteiger partial charge in [-0.3, -0.25) is 0 Å². The van der Waals surface area contributed by atoms with E-state index in [1.54, 1.807) is 11.8 Å². The summed E-state index contributed by atoms with van der Waals surface area (Å²) in [7, 11) is 0. The van der Waals surface area contributed by atoms with Gasteiger partial charge >= 0.3 is 0 Å². The molecule has 1 unspecified atom stereocenters. The number of benzene rings is 1. The molecule has 1 saturated carbocycles. The van der Waals surface area contributed by atoms with Crippen LogP contribution in [0.2, 0.25) is 0 Å². The van der Waals surface area contributed by atoms with Crippen LogP contribution in [0, 0.1) is 5.92 Å². The number of aliphatic hydroxyl groups is 1. The van der Waals surface area contributed by atoms with Crippen molar-refractivity contribution < 1.29 is 5.11 Å². The third-order valence-corrected chi connectivity index (χ3v) is 3.34. The number of hydrogen-bond donors (Lipinski definition) is 1. The zero-order valence-electron chi connectivity index (χ0n) is 7.73. The van der Waals surface area contributed by atoms with Gasteiger partial charge in [-0.2, -0.15) is 0 Å². The molecule has 0 saturated heterocycles. The van der Waals surface area contributed by atoms with Gasteiger partial charge in [-0.05, 0) is 36.6 Å². The molecule has 0 bridgehead atoms. The molecule has 1 aliphatic rings. The van der Waals surface area contributed by atoms with Crippen molar-refractivity contribution in [3.05, 3.63) is 29.8 Å². The fraction of sp³-hybridized carbons (Fsp3) is 0.455. The maximum Gasteiger partial charge on any atom is 0.0828 e. The molecule has 0 spiro atoms. The van der Waals surface area contributed by atoms with Crippen LogP contribution in [0.3, 0.4) is 0 Å². The first-order valence-corrected chi connectivity index (χ1v) is 5.86. The lowest BCUT2D eigenvalue weighted by molar-refractivity contribution is 0.151. The normalized spacial score (nSPS) is 18.6. The van der Waals surface area contributed by atoms with E-state index >= 15 is 0 Å². The minimum Gasteiger partial charge on any atom is -0.388 e. The van der Waals surface area contributed by atoms with Gasteiger partial charge in [0, 0.05) is 4.90 Å². The molecular formula is C11H14OS. The Morgan fingerprint density at radius 3 is 2.69 bits per heavy atom. The predicted octanol–water partition coefficient (Wildman–Crippen LogP) is 2.85. The molecule has 0 radical (unpaired) electrons. The van der Waals surface area contributed by atoms with Gasteiger partial charge in [0.2, 0.25) is 0 Å². The molecule has 1 aromatic rings. The summed E-state index contributed by atoms with van der Waals surface area (Å²) < 4.78 is 0. The van der Waals surface area contributed by atoms with Gasteiger partial charge in [0.05, 0.1) is 6.10 Å². The zero-order valence-corrected chi connectivity index (χ0v) is 8.55. The van der Waals surface area contributed by atoms with Crippen LogP contribution >= 0.6 is 11.8 Å². The molecule has 0 heterocycles. The Morgan fingerprint density at radius 2 is 2.08 bits per heavy atom. The highest BCUT2D eigenvalue weighted by atomic mass is 32.2. The molecule has 0 aromatic heterocycles. The van der Waals surface area contributed by atoms with Crippen molar-refractivity contribution in [3.8, 4) is 0 Å². The van der Waals surface area contributed by atoms with Crippen LogP contribution in [-0.4, -0.2) is 11.4 Å². The highest BCUT2D eigenvalue weighted by Crippen LogP contribution is 2.42. The van der Waals surface area contributed by atoms with Crippen molar-refractivity contribution in [2.45, 2.75) is 23.8 Å². The molecule has 13 heavy (non-hydrogen) atoms. The monoisotopic (exact) mass is 194 g/mol. The Morgan fingerprint density at radius 1 is 1.38 bits per heavy atom. The molecule has 1 aliphatic carbocycles. The number of rotatable bonds is 3. The average molecular weight is 194 g/mol. The summed E-state index contributed by atoms with van der Waals surface area (Å²) in [4.78, 5) is 1.21. The molecule has 0 amide bonds. The maximum absolute atomic E-state index is 9.96. The van der Waals surface area contributed by atoms with Crippen LogP contribution in [0.25, 0.3) is 0 Å². The van der Waals surface area contributed by atoms with E-state index in [0.717, 1.165) is 5.56 Å². The Hall–Kier alpha value is -0.470. The van der Waals surface area contributed by atoms with Crippen LogP contribution in [0.5, 0.6) is 0 Å². The molecule has 2 heteroatoms. The van der Waals surface area contributed by atoms with Crippen LogP contribution in [0.15, 0.2) is 29.2 Å². The van der Waals surface area contributed by atoms with E-state index in [9.17, 15) is 5.11 Å². The van der Waals surface area contributed by atoms with E-state index in [2.05, 4.69) is 12.3 Å². The predicted molar refractivity (Wildman–Crippen MR) is 55.9 cm³/mol. The molecule has 70 valence electrons. The smallest absolute Gasteiger partial charge is 0.0828 e. The van der Waals surface area contributed by atoms with Gasteiger partial charge in [-0.15, -0.1) is 11.8 Å². The first kappa shape index (κ1) is 9.10. The molecule has 1 aromatic carbocycles. The third kappa shape index (κ3) is 1.89. The zero-order chi connectivity index (χ0) is 9.26. The lowest BCUT2D eigenvalue weighted by atomic mass is 10.1.